The van der Waals surface area contributed by atoms with Crippen LogP contribution in [0.15, 0.2) is 36.2 Å². The summed E-state index contributed by atoms with van der Waals surface area (Å²) in [5.74, 6) is 1.05. The molecule has 1 N–H and O–H groups in total. The Kier molecular flexibility index (Phi) is 1.65. The highest BCUT2D eigenvalue weighted by molar-refractivity contribution is 5.84. The van der Waals surface area contributed by atoms with E-state index in [-0.39, 0.29) is 12.4 Å². The van der Waals surface area contributed by atoms with Crippen LogP contribution in [-0.4, -0.2) is 16.7 Å². The molecular weight excluding hydrogens is 190 g/mol. The van der Waals surface area contributed by atoms with Gasteiger partial charge in [0.25, 0.3) is 0 Å². The van der Waals surface area contributed by atoms with E-state index in [0.29, 0.717) is 0 Å². The Bertz CT molecular complexity index is 561. The molecule has 74 valence electrons. The molecule has 3 heteroatoms. The Morgan fingerprint density at radius 2 is 2.27 bits per heavy atom. The molecule has 0 aliphatic carbocycles. The van der Waals surface area contributed by atoms with Crippen LogP contribution in [0.4, 0.5) is 0 Å². The molecule has 3 nitrogen and oxygen atoms in total. The van der Waals surface area contributed by atoms with Crippen molar-refractivity contribution in [3.8, 4) is 5.75 Å². The maximum absolute atomic E-state index is 9.34. The van der Waals surface area contributed by atoms with Gasteiger partial charge in [-0.25, -0.2) is 0 Å². The first-order valence-corrected chi connectivity index (χ1v) is 4.74. The average Bonchev–Trinajstić information content (AvgIpc) is 2.26. The van der Waals surface area contributed by atoms with Gasteiger partial charge in [0, 0.05) is 17.1 Å². The molecule has 3 rings (SSSR count). The molecule has 0 fully saturated rings. The second-order valence-electron chi connectivity index (χ2n) is 3.51. The highest BCUT2D eigenvalue weighted by Crippen LogP contribution is 2.29. The molecule has 0 unspecified atom stereocenters. The van der Waals surface area contributed by atoms with Gasteiger partial charge < -0.3 is 9.84 Å². The number of nitrogens with zero attached hydrogens (tertiary/aromatic N) is 1. The summed E-state index contributed by atoms with van der Waals surface area (Å²) in [6.07, 6.45) is 3.47. The third kappa shape index (κ3) is 1.32. The van der Waals surface area contributed by atoms with Crippen LogP contribution in [0.2, 0.25) is 0 Å². The van der Waals surface area contributed by atoms with Crippen molar-refractivity contribution in [2.24, 2.45) is 0 Å². The van der Waals surface area contributed by atoms with Gasteiger partial charge in [-0.3, -0.25) is 4.98 Å². The van der Waals surface area contributed by atoms with Gasteiger partial charge in [0.05, 0.1) is 5.52 Å². The van der Waals surface area contributed by atoms with Gasteiger partial charge in [0.1, 0.15) is 18.1 Å². The normalized spacial score (nSPS) is 14.3. The van der Waals surface area contributed by atoms with E-state index < -0.39 is 0 Å². The molecule has 0 saturated carbocycles. The largest absolute Gasteiger partial charge is 0.509 e. The molecule has 0 bridgehead atoms. The topological polar surface area (TPSA) is 42.4 Å². The molecule has 0 amide bonds. The lowest BCUT2D eigenvalue weighted by Crippen LogP contribution is -2.06. The number of rotatable bonds is 0. The van der Waals surface area contributed by atoms with E-state index in [1.807, 2.05) is 24.3 Å². The van der Waals surface area contributed by atoms with Crippen molar-refractivity contribution in [2.75, 3.05) is 6.61 Å². The van der Waals surface area contributed by atoms with Crippen LogP contribution < -0.4 is 4.74 Å². The zero-order chi connectivity index (χ0) is 10.3. The third-order valence-electron chi connectivity index (χ3n) is 2.43. The third-order valence-corrected chi connectivity index (χ3v) is 2.43. The van der Waals surface area contributed by atoms with Crippen LogP contribution in [-0.2, 0) is 0 Å². The minimum atomic E-state index is 0.248. The monoisotopic (exact) mass is 199 g/mol. The van der Waals surface area contributed by atoms with Crippen LogP contribution in [0.1, 0.15) is 5.56 Å². The maximum Gasteiger partial charge on any atom is 0.145 e. The van der Waals surface area contributed by atoms with Gasteiger partial charge in [-0.15, -0.1) is 0 Å². The van der Waals surface area contributed by atoms with E-state index in [1.165, 1.54) is 0 Å². The van der Waals surface area contributed by atoms with Gasteiger partial charge >= 0.3 is 0 Å². The number of pyridine rings is 1. The molecule has 2 aromatic rings. The number of hydrogen-bond donors (Lipinski definition) is 1. The van der Waals surface area contributed by atoms with Gasteiger partial charge in [-0.2, -0.15) is 0 Å². The minimum absolute atomic E-state index is 0.248. The highest BCUT2D eigenvalue weighted by Gasteiger charge is 2.11. The Hall–Kier alpha value is -2.03. The van der Waals surface area contributed by atoms with Crippen molar-refractivity contribution in [3.05, 3.63) is 41.8 Å². The predicted octanol–water partition coefficient (Wildman–Crippen LogP) is 2.53. The molecule has 2 heterocycles. The maximum atomic E-state index is 9.34. The lowest BCUT2D eigenvalue weighted by atomic mass is 10.1. The number of aliphatic hydroxyl groups is 1. The summed E-state index contributed by atoms with van der Waals surface area (Å²) >= 11 is 0. The SMILES string of the molecule is OC1=Cc2cc3ncccc3cc2OC1. The fourth-order valence-corrected chi connectivity index (χ4v) is 1.73. The van der Waals surface area contributed by atoms with Gasteiger partial charge in [0.15, 0.2) is 0 Å². The molecular formula is C12H9NO2. The smallest absolute Gasteiger partial charge is 0.145 e. The van der Waals surface area contributed by atoms with Crippen molar-refractivity contribution in [1.82, 2.24) is 4.98 Å². The molecule has 1 aromatic carbocycles. The van der Waals surface area contributed by atoms with E-state index in [9.17, 15) is 5.11 Å². The summed E-state index contributed by atoms with van der Waals surface area (Å²) in [4.78, 5) is 4.25. The van der Waals surface area contributed by atoms with E-state index in [0.717, 1.165) is 22.2 Å². The van der Waals surface area contributed by atoms with Crippen LogP contribution in [0.25, 0.3) is 17.0 Å². The first-order chi connectivity index (χ1) is 7.33. The lowest BCUT2D eigenvalue weighted by molar-refractivity contribution is 0.267. The second-order valence-corrected chi connectivity index (χ2v) is 3.51. The highest BCUT2D eigenvalue weighted by atomic mass is 16.5. The number of aromatic nitrogens is 1. The Balaban J connectivity index is 2.30. The van der Waals surface area contributed by atoms with Crippen LogP contribution in [0.3, 0.4) is 0 Å². The molecule has 0 saturated heterocycles. The first-order valence-electron chi connectivity index (χ1n) is 4.74. The van der Waals surface area contributed by atoms with Crippen LogP contribution in [0, 0.1) is 0 Å². The quantitative estimate of drug-likeness (QED) is 0.708. The Morgan fingerprint density at radius 1 is 1.33 bits per heavy atom. The number of hydrogen-bond acceptors (Lipinski definition) is 3. The van der Waals surface area contributed by atoms with Gasteiger partial charge in [-0.05, 0) is 24.3 Å². The fourth-order valence-electron chi connectivity index (χ4n) is 1.73. The van der Waals surface area contributed by atoms with Gasteiger partial charge in [-0.1, -0.05) is 6.07 Å². The summed E-state index contributed by atoms with van der Waals surface area (Å²) in [5, 5.41) is 10.4. The number of benzene rings is 1. The predicted molar refractivity (Wildman–Crippen MR) is 57.8 cm³/mol. The molecule has 1 aliphatic rings. The summed E-state index contributed by atoms with van der Waals surface area (Å²) in [6.45, 7) is 0.249. The van der Waals surface area contributed by atoms with E-state index >= 15 is 0 Å². The van der Waals surface area contributed by atoms with Crippen LogP contribution in [0.5, 0.6) is 5.75 Å². The van der Waals surface area contributed by atoms with E-state index in [1.54, 1.807) is 12.3 Å². The summed E-state index contributed by atoms with van der Waals surface area (Å²) in [7, 11) is 0. The van der Waals surface area contributed by atoms with Crippen LogP contribution >= 0.6 is 0 Å². The lowest BCUT2D eigenvalue weighted by Gasteiger charge is -2.15. The summed E-state index contributed by atoms with van der Waals surface area (Å²) < 4.78 is 5.40. The summed E-state index contributed by atoms with van der Waals surface area (Å²) in [6, 6.07) is 7.75. The van der Waals surface area contributed by atoms with Crippen molar-refractivity contribution in [2.45, 2.75) is 0 Å². The number of ether oxygens (including phenoxy) is 1. The van der Waals surface area contributed by atoms with Crippen molar-refractivity contribution >= 4 is 17.0 Å². The minimum Gasteiger partial charge on any atom is -0.509 e. The second kappa shape index (κ2) is 2.98. The van der Waals surface area contributed by atoms with Crippen molar-refractivity contribution < 1.29 is 9.84 Å². The number of fused-ring (bicyclic) bond motifs is 2. The van der Waals surface area contributed by atoms with E-state index in [4.69, 9.17) is 4.74 Å². The molecule has 1 aliphatic heterocycles. The van der Waals surface area contributed by atoms with E-state index in [2.05, 4.69) is 4.98 Å². The molecule has 1 aromatic heterocycles. The molecule has 0 radical (unpaired) electrons. The van der Waals surface area contributed by atoms with Crippen molar-refractivity contribution in [3.63, 3.8) is 0 Å². The number of aliphatic hydroxyl groups excluding tert-OH is 1. The zero-order valence-corrected chi connectivity index (χ0v) is 7.97. The Morgan fingerprint density at radius 3 is 3.20 bits per heavy atom. The zero-order valence-electron chi connectivity index (χ0n) is 7.97. The average molecular weight is 199 g/mol. The summed E-state index contributed by atoms with van der Waals surface area (Å²) in [5.41, 5.74) is 1.79. The standard InChI is InChI=1S/C12H9NO2/c14-10-4-9-5-11-8(2-1-3-13-11)6-12(9)15-7-10/h1-6,14H,7H2. The molecule has 0 atom stereocenters. The fraction of sp³-hybridized carbons (Fsp3) is 0.0833. The molecule has 15 heavy (non-hydrogen) atoms. The Labute approximate surface area is 86.6 Å². The molecule has 0 spiro atoms. The van der Waals surface area contributed by atoms with Crippen molar-refractivity contribution in [1.29, 1.82) is 0 Å². The first kappa shape index (κ1) is 8.29. The van der Waals surface area contributed by atoms with Gasteiger partial charge in [0.2, 0.25) is 0 Å².